The number of phenolic OH excluding ortho intramolecular Hbond substituents is 1. The Morgan fingerprint density at radius 3 is 2.33 bits per heavy atom. The number of hydrogen-bond donors (Lipinski definition) is 2. The standard InChI is InChI=1S/C21H25NO5/c1-12(2)26-20-10-15(21(25)27-13(3)4)6-5-14(20)9-18(23)17-8-7-16(22)11-19(17)24/h5-8,10-13,24H,9,22H2,1-4H3. The molecule has 3 N–H and O–H groups in total. The van der Waals surface area contributed by atoms with E-state index in [1.54, 1.807) is 38.1 Å². The first-order chi connectivity index (χ1) is 12.7. The number of benzene rings is 2. The Balaban J connectivity index is 2.31. The third-order valence-corrected chi connectivity index (χ3v) is 3.68. The molecule has 0 aliphatic carbocycles. The number of carbonyl (C=O) groups is 2. The van der Waals surface area contributed by atoms with E-state index in [1.165, 1.54) is 12.1 Å². The van der Waals surface area contributed by atoms with Crippen molar-refractivity contribution < 1.29 is 24.2 Å². The molecule has 0 saturated carbocycles. The molecule has 0 aromatic heterocycles. The van der Waals surface area contributed by atoms with Crippen molar-refractivity contribution in [3.8, 4) is 11.5 Å². The molecule has 6 nitrogen and oxygen atoms in total. The van der Waals surface area contributed by atoms with Gasteiger partial charge in [0.1, 0.15) is 11.5 Å². The molecule has 0 spiro atoms. The summed E-state index contributed by atoms with van der Waals surface area (Å²) < 4.78 is 11.0. The third-order valence-electron chi connectivity index (χ3n) is 3.68. The number of rotatable bonds is 7. The lowest BCUT2D eigenvalue weighted by Crippen LogP contribution is -2.14. The van der Waals surface area contributed by atoms with Crippen molar-refractivity contribution in [2.45, 2.75) is 46.3 Å². The molecular weight excluding hydrogens is 346 g/mol. The summed E-state index contributed by atoms with van der Waals surface area (Å²) in [5.74, 6) is -0.457. The van der Waals surface area contributed by atoms with Crippen LogP contribution < -0.4 is 10.5 Å². The van der Waals surface area contributed by atoms with E-state index < -0.39 is 5.97 Å². The lowest BCUT2D eigenvalue weighted by atomic mass is 10.00. The van der Waals surface area contributed by atoms with Crippen molar-refractivity contribution in [2.75, 3.05) is 5.73 Å². The van der Waals surface area contributed by atoms with E-state index in [0.717, 1.165) is 0 Å². The number of phenols is 1. The highest BCUT2D eigenvalue weighted by Gasteiger charge is 2.18. The van der Waals surface area contributed by atoms with Crippen molar-refractivity contribution in [3.05, 3.63) is 53.1 Å². The fourth-order valence-corrected chi connectivity index (χ4v) is 2.53. The number of ketones is 1. The van der Waals surface area contributed by atoms with Crippen molar-refractivity contribution in [1.29, 1.82) is 0 Å². The van der Waals surface area contributed by atoms with Crippen molar-refractivity contribution in [2.24, 2.45) is 0 Å². The highest BCUT2D eigenvalue weighted by atomic mass is 16.5. The van der Waals surface area contributed by atoms with Gasteiger partial charge in [-0.3, -0.25) is 4.79 Å². The second kappa shape index (κ2) is 8.58. The first-order valence-electron chi connectivity index (χ1n) is 8.79. The lowest BCUT2D eigenvalue weighted by molar-refractivity contribution is 0.0377. The molecule has 0 atom stereocenters. The molecule has 0 aliphatic rings. The van der Waals surface area contributed by atoms with Crippen molar-refractivity contribution in [1.82, 2.24) is 0 Å². The normalized spacial score (nSPS) is 10.9. The zero-order chi connectivity index (χ0) is 20.1. The highest BCUT2D eigenvalue weighted by Crippen LogP contribution is 2.27. The second-order valence-electron chi connectivity index (χ2n) is 6.82. The van der Waals surface area contributed by atoms with E-state index >= 15 is 0 Å². The molecule has 27 heavy (non-hydrogen) atoms. The van der Waals surface area contributed by atoms with Crippen LogP contribution in [0.3, 0.4) is 0 Å². The number of ether oxygens (including phenoxy) is 2. The van der Waals surface area contributed by atoms with Gasteiger partial charge < -0.3 is 20.3 Å². The Morgan fingerprint density at radius 2 is 1.74 bits per heavy atom. The predicted octanol–water partition coefficient (Wildman–Crippen LogP) is 3.75. The minimum absolute atomic E-state index is 0.0129. The Hall–Kier alpha value is -3.02. The lowest BCUT2D eigenvalue weighted by Gasteiger charge is -2.16. The number of aromatic hydroxyl groups is 1. The molecule has 0 unspecified atom stereocenters. The van der Waals surface area contributed by atoms with Crippen LogP contribution in [0.25, 0.3) is 0 Å². The van der Waals surface area contributed by atoms with E-state index in [9.17, 15) is 14.7 Å². The Labute approximate surface area is 158 Å². The molecule has 0 aliphatic heterocycles. The van der Waals surface area contributed by atoms with Gasteiger partial charge in [-0.1, -0.05) is 6.07 Å². The van der Waals surface area contributed by atoms with E-state index in [4.69, 9.17) is 15.2 Å². The summed E-state index contributed by atoms with van der Waals surface area (Å²) in [6.07, 6.45) is -0.360. The van der Waals surface area contributed by atoms with Crippen LogP contribution in [0.15, 0.2) is 36.4 Å². The molecule has 2 aromatic carbocycles. The fraction of sp³-hybridized carbons (Fsp3) is 0.333. The van der Waals surface area contributed by atoms with Crippen LogP contribution in [0.4, 0.5) is 5.69 Å². The second-order valence-corrected chi connectivity index (χ2v) is 6.82. The maximum Gasteiger partial charge on any atom is 0.338 e. The summed E-state index contributed by atoms with van der Waals surface area (Å²) in [6, 6.07) is 9.23. The van der Waals surface area contributed by atoms with E-state index in [0.29, 0.717) is 22.6 Å². The van der Waals surface area contributed by atoms with Crippen molar-refractivity contribution >= 4 is 17.4 Å². The molecule has 0 bridgehead atoms. The quantitative estimate of drug-likeness (QED) is 0.437. The minimum atomic E-state index is -0.451. The van der Waals surface area contributed by atoms with Gasteiger partial charge in [-0.05, 0) is 52.0 Å². The van der Waals surface area contributed by atoms with E-state index in [1.807, 2.05) is 13.8 Å². The van der Waals surface area contributed by atoms with Gasteiger partial charge in [0.05, 0.1) is 23.3 Å². The van der Waals surface area contributed by atoms with Crippen molar-refractivity contribution in [3.63, 3.8) is 0 Å². The SMILES string of the molecule is CC(C)OC(=O)c1ccc(CC(=O)c2ccc(N)cc2O)c(OC(C)C)c1. The van der Waals surface area contributed by atoms with Gasteiger partial charge in [-0.15, -0.1) is 0 Å². The van der Waals surface area contributed by atoms with Crippen LogP contribution in [0.5, 0.6) is 11.5 Å². The Morgan fingerprint density at radius 1 is 1.04 bits per heavy atom. The van der Waals surface area contributed by atoms with E-state index in [-0.39, 0.29) is 35.7 Å². The number of nitrogen functional groups attached to an aromatic ring is 1. The number of esters is 1. The molecule has 0 fully saturated rings. The summed E-state index contributed by atoms with van der Waals surface area (Å²) in [5.41, 5.74) is 7.13. The number of hydrogen-bond acceptors (Lipinski definition) is 6. The van der Waals surface area contributed by atoms with Gasteiger partial charge >= 0.3 is 5.97 Å². The zero-order valence-corrected chi connectivity index (χ0v) is 16.0. The summed E-state index contributed by atoms with van der Waals surface area (Å²) in [4.78, 5) is 24.7. The molecule has 6 heteroatoms. The summed E-state index contributed by atoms with van der Waals surface area (Å²) >= 11 is 0. The van der Waals surface area contributed by atoms with Gasteiger partial charge in [0.15, 0.2) is 5.78 Å². The summed E-state index contributed by atoms with van der Waals surface area (Å²) in [5, 5.41) is 9.96. The highest BCUT2D eigenvalue weighted by molar-refractivity contribution is 6.00. The third kappa shape index (κ3) is 5.48. The molecule has 144 valence electrons. The number of nitrogens with two attached hydrogens (primary N) is 1. The molecule has 0 radical (unpaired) electrons. The average molecular weight is 371 g/mol. The van der Waals surface area contributed by atoms with Gasteiger partial charge in [-0.2, -0.15) is 0 Å². The maximum atomic E-state index is 12.6. The van der Waals surface area contributed by atoms with Gasteiger partial charge in [-0.25, -0.2) is 4.79 Å². The molecule has 2 rings (SSSR count). The summed E-state index contributed by atoms with van der Waals surface area (Å²) in [6.45, 7) is 7.26. The minimum Gasteiger partial charge on any atom is -0.507 e. The predicted molar refractivity (Wildman–Crippen MR) is 103 cm³/mol. The molecule has 0 heterocycles. The first kappa shape index (κ1) is 20.3. The first-order valence-corrected chi connectivity index (χ1v) is 8.79. The van der Waals surface area contributed by atoms with Crippen LogP contribution in [-0.2, 0) is 11.2 Å². The van der Waals surface area contributed by atoms with Gasteiger partial charge in [0.25, 0.3) is 0 Å². The van der Waals surface area contributed by atoms with Gasteiger partial charge in [0.2, 0.25) is 0 Å². The van der Waals surface area contributed by atoms with Gasteiger partial charge in [0, 0.05) is 23.7 Å². The molecular formula is C21H25NO5. The fourth-order valence-electron chi connectivity index (χ4n) is 2.53. The molecule has 0 saturated heterocycles. The zero-order valence-electron chi connectivity index (χ0n) is 16.0. The van der Waals surface area contributed by atoms with Crippen LogP contribution in [-0.4, -0.2) is 29.1 Å². The van der Waals surface area contributed by atoms with Crippen LogP contribution >= 0.6 is 0 Å². The maximum absolute atomic E-state index is 12.6. The Kier molecular flexibility index (Phi) is 6.45. The Bertz CT molecular complexity index is 842. The van der Waals surface area contributed by atoms with Crippen LogP contribution in [0.2, 0.25) is 0 Å². The van der Waals surface area contributed by atoms with Crippen LogP contribution in [0, 0.1) is 0 Å². The van der Waals surface area contributed by atoms with E-state index in [2.05, 4.69) is 0 Å². The molecule has 0 amide bonds. The smallest absolute Gasteiger partial charge is 0.338 e. The molecule has 2 aromatic rings. The number of anilines is 1. The van der Waals surface area contributed by atoms with Crippen LogP contribution in [0.1, 0.15) is 54.0 Å². The summed E-state index contributed by atoms with van der Waals surface area (Å²) in [7, 11) is 0. The monoisotopic (exact) mass is 371 g/mol. The number of carbonyl (C=O) groups excluding carboxylic acids is 2. The average Bonchev–Trinajstić information content (AvgIpc) is 2.55. The number of Topliss-reactive ketones (excluding diaryl/α,β-unsaturated/α-hetero) is 1. The largest absolute Gasteiger partial charge is 0.507 e. The topological polar surface area (TPSA) is 98.9 Å².